The van der Waals surface area contributed by atoms with Crippen molar-refractivity contribution in [1.82, 2.24) is 15.1 Å². The monoisotopic (exact) mass is 582 g/mol. The first kappa shape index (κ1) is 30.5. The van der Waals surface area contributed by atoms with Crippen LogP contribution in [-0.4, -0.2) is 65.5 Å². The lowest BCUT2D eigenvalue weighted by Gasteiger charge is -2.33. The van der Waals surface area contributed by atoms with E-state index in [2.05, 4.69) is 24.1 Å². The van der Waals surface area contributed by atoms with Gasteiger partial charge in [-0.3, -0.25) is 14.5 Å². The zero-order chi connectivity index (χ0) is 26.5. The van der Waals surface area contributed by atoms with Gasteiger partial charge in [-0.05, 0) is 55.0 Å². The van der Waals surface area contributed by atoms with Crippen LogP contribution in [0.1, 0.15) is 38.7 Å². The Bertz CT molecular complexity index is 1090. The Morgan fingerprint density at radius 3 is 2.58 bits per heavy atom. The van der Waals surface area contributed by atoms with Crippen molar-refractivity contribution in [2.45, 2.75) is 63.8 Å². The fraction of sp³-hybridized carbons (Fsp3) is 0.500. The minimum Gasteiger partial charge on any atom is -0.492 e. The highest BCUT2D eigenvalue weighted by Crippen LogP contribution is 2.29. The second-order valence-corrected chi connectivity index (χ2v) is 11.2. The summed E-state index contributed by atoms with van der Waals surface area (Å²) in [7, 11) is 0. The Hall–Kier alpha value is -2.03. The van der Waals surface area contributed by atoms with E-state index in [0.29, 0.717) is 55.5 Å². The molecule has 2 amide bonds. The van der Waals surface area contributed by atoms with Gasteiger partial charge in [-0.15, -0.1) is 12.4 Å². The van der Waals surface area contributed by atoms with Gasteiger partial charge in [-0.25, -0.2) is 0 Å². The van der Waals surface area contributed by atoms with E-state index in [9.17, 15) is 9.59 Å². The van der Waals surface area contributed by atoms with E-state index in [1.165, 1.54) is 0 Å². The van der Waals surface area contributed by atoms with Crippen molar-refractivity contribution in [3.8, 4) is 5.75 Å². The molecule has 3 N–H and O–H groups in total. The van der Waals surface area contributed by atoms with Gasteiger partial charge in [-0.1, -0.05) is 61.3 Å². The van der Waals surface area contributed by atoms with Gasteiger partial charge >= 0.3 is 0 Å². The van der Waals surface area contributed by atoms with Crippen molar-refractivity contribution in [1.29, 1.82) is 0 Å². The summed E-state index contributed by atoms with van der Waals surface area (Å²) in [6, 6.07) is 14.0. The van der Waals surface area contributed by atoms with E-state index in [1.807, 2.05) is 36.4 Å². The third-order valence-corrected chi connectivity index (χ3v) is 7.86. The molecule has 4 atom stereocenters. The van der Waals surface area contributed by atoms with Crippen LogP contribution in [0, 0.1) is 5.92 Å². The lowest BCUT2D eigenvalue weighted by Crippen LogP contribution is -2.53. The zero-order valence-electron chi connectivity index (χ0n) is 21.8. The molecule has 7 nitrogen and oxygen atoms in total. The molecule has 2 aliphatic heterocycles. The molecule has 0 spiro atoms. The smallest absolute Gasteiger partial charge is 0.243 e. The van der Waals surface area contributed by atoms with Gasteiger partial charge in [0, 0.05) is 31.7 Å². The molecule has 0 bridgehead atoms. The van der Waals surface area contributed by atoms with Gasteiger partial charge < -0.3 is 20.7 Å². The van der Waals surface area contributed by atoms with Crippen LogP contribution in [0.2, 0.25) is 10.0 Å². The van der Waals surface area contributed by atoms with Gasteiger partial charge in [0.1, 0.15) is 18.4 Å². The lowest BCUT2D eigenvalue weighted by atomic mass is 10.00. The SMILES string of the molecule is CC(C)C[C@H](C(=O)NCc1ccc(Cl)c(Cl)c1)N1CCC(COc2ccccc2)N2C[C@H](N)C[C@H]2C1=O.Cl. The number of halogens is 3. The number of rotatable bonds is 9. The minimum absolute atomic E-state index is 0. The normalized spacial score (nSPS) is 22.4. The first-order valence-corrected chi connectivity index (χ1v) is 13.7. The van der Waals surface area contributed by atoms with Gasteiger partial charge in [-0.2, -0.15) is 0 Å². The average Bonchev–Trinajstić information content (AvgIpc) is 3.22. The van der Waals surface area contributed by atoms with Crippen LogP contribution in [0.4, 0.5) is 0 Å². The van der Waals surface area contributed by atoms with Crippen LogP contribution in [0.15, 0.2) is 48.5 Å². The van der Waals surface area contributed by atoms with Crippen LogP contribution < -0.4 is 15.8 Å². The largest absolute Gasteiger partial charge is 0.492 e. The number of hydrogen-bond donors (Lipinski definition) is 2. The lowest BCUT2D eigenvalue weighted by molar-refractivity contribution is -0.143. The summed E-state index contributed by atoms with van der Waals surface area (Å²) >= 11 is 12.2. The van der Waals surface area contributed by atoms with E-state index in [-0.39, 0.29) is 48.3 Å². The number of nitrogens with one attached hydrogen (secondary N) is 1. The molecule has 0 aromatic heterocycles. The molecule has 2 fully saturated rings. The molecule has 10 heteroatoms. The molecule has 1 unspecified atom stereocenters. The number of amides is 2. The van der Waals surface area contributed by atoms with Crippen molar-refractivity contribution >= 4 is 47.4 Å². The number of nitrogens with zero attached hydrogens (tertiary/aromatic N) is 2. The third kappa shape index (κ3) is 7.54. The maximum atomic E-state index is 13.9. The molecule has 2 aliphatic rings. The number of carbonyl (C=O) groups is 2. The van der Waals surface area contributed by atoms with Gasteiger partial charge in [0.2, 0.25) is 11.8 Å². The third-order valence-electron chi connectivity index (χ3n) is 7.12. The van der Waals surface area contributed by atoms with Crippen LogP contribution in [0.3, 0.4) is 0 Å². The second kappa shape index (κ2) is 13.9. The summed E-state index contributed by atoms with van der Waals surface area (Å²) in [4.78, 5) is 31.3. The van der Waals surface area contributed by atoms with Crippen molar-refractivity contribution < 1.29 is 14.3 Å². The van der Waals surface area contributed by atoms with Gasteiger partial charge in [0.05, 0.1) is 16.1 Å². The van der Waals surface area contributed by atoms with Crippen molar-refractivity contribution in [2.75, 3.05) is 19.7 Å². The summed E-state index contributed by atoms with van der Waals surface area (Å²) in [5.41, 5.74) is 7.17. The average molecular weight is 584 g/mol. The minimum atomic E-state index is -0.567. The van der Waals surface area contributed by atoms with Crippen molar-refractivity contribution in [2.24, 2.45) is 11.7 Å². The summed E-state index contributed by atoms with van der Waals surface area (Å²) < 4.78 is 6.08. The Balaban J connectivity index is 0.00000400. The molecule has 2 heterocycles. The number of benzene rings is 2. The van der Waals surface area contributed by atoms with Gasteiger partial charge in [0.25, 0.3) is 0 Å². The number of hydrogen-bond acceptors (Lipinski definition) is 5. The summed E-state index contributed by atoms with van der Waals surface area (Å²) in [6.07, 6.45) is 1.86. The van der Waals surface area contributed by atoms with Crippen molar-refractivity contribution in [3.63, 3.8) is 0 Å². The fourth-order valence-corrected chi connectivity index (χ4v) is 5.59. The van der Waals surface area contributed by atoms with E-state index >= 15 is 0 Å². The molecule has 0 aliphatic carbocycles. The van der Waals surface area contributed by atoms with Gasteiger partial charge in [0.15, 0.2) is 0 Å². The predicted octanol–water partition coefficient (Wildman–Crippen LogP) is 4.53. The highest BCUT2D eigenvalue weighted by molar-refractivity contribution is 6.42. The number of nitrogens with two attached hydrogens (primary N) is 1. The molecule has 2 aromatic carbocycles. The molecule has 2 aromatic rings. The number of para-hydroxylation sites is 1. The summed E-state index contributed by atoms with van der Waals surface area (Å²) in [6.45, 7) is 6.03. The van der Waals surface area contributed by atoms with E-state index < -0.39 is 6.04 Å². The zero-order valence-corrected chi connectivity index (χ0v) is 24.1. The molecule has 4 rings (SSSR count). The molecule has 208 valence electrons. The van der Waals surface area contributed by atoms with E-state index in [0.717, 1.165) is 11.3 Å². The Labute approximate surface area is 241 Å². The first-order valence-electron chi connectivity index (χ1n) is 12.9. The number of ether oxygens (including phenoxy) is 1. The highest BCUT2D eigenvalue weighted by Gasteiger charge is 2.46. The maximum absolute atomic E-state index is 13.9. The highest BCUT2D eigenvalue weighted by atomic mass is 35.5. The summed E-state index contributed by atoms with van der Waals surface area (Å²) in [5.74, 6) is 0.844. The van der Waals surface area contributed by atoms with Crippen LogP contribution in [0.5, 0.6) is 5.75 Å². The molecule has 0 radical (unpaired) electrons. The quantitative estimate of drug-likeness (QED) is 0.453. The van der Waals surface area contributed by atoms with E-state index in [4.69, 9.17) is 33.7 Å². The Kier molecular flexibility index (Phi) is 11.1. The Morgan fingerprint density at radius 2 is 1.89 bits per heavy atom. The Morgan fingerprint density at radius 1 is 1.16 bits per heavy atom. The standard InChI is InChI=1S/C28H36Cl2N4O3.ClH/c1-18(2)12-25(27(35)32-15-19-8-9-23(29)24(30)13-19)33-11-10-21(17-37-22-6-4-3-5-7-22)34-16-20(31)14-26(34)28(33)36;/h3-9,13,18,20-21,25-26H,10-12,14-17,31H2,1-2H3,(H,32,35);1H/t20-,21?,25-,26+;/m1./s1. The summed E-state index contributed by atoms with van der Waals surface area (Å²) in [5, 5.41) is 3.93. The number of fused-ring (bicyclic) bond motifs is 1. The van der Waals surface area contributed by atoms with Crippen LogP contribution in [0.25, 0.3) is 0 Å². The molecular weight excluding hydrogens is 547 g/mol. The van der Waals surface area contributed by atoms with E-state index in [1.54, 1.807) is 17.0 Å². The van der Waals surface area contributed by atoms with Crippen LogP contribution >= 0.6 is 35.6 Å². The number of carbonyl (C=O) groups excluding carboxylic acids is 2. The molecule has 0 saturated carbocycles. The van der Waals surface area contributed by atoms with Crippen LogP contribution in [-0.2, 0) is 16.1 Å². The maximum Gasteiger partial charge on any atom is 0.243 e. The predicted molar refractivity (Wildman–Crippen MR) is 154 cm³/mol. The molecular formula is C28H37Cl3N4O3. The first-order chi connectivity index (χ1) is 17.7. The second-order valence-electron chi connectivity index (χ2n) is 10.4. The molecule has 2 saturated heterocycles. The molecule has 38 heavy (non-hydrogen) atoms. The van der Waals surface area contributed by atoms with Crippen molar-refractivity contribution in [3.05, 3.63) is 64.1 Å². The topological polar surface area (TPSA) is 87.9 Å². The fourth-order valence-electron chi connectivity index (χ4n) is 5.27.